The normalized spacial score (nSPS) is 10.9. The number of hydrogen-bond donors (Lipinski definition) is 0. The van der Waals surface area contributed by atoms with Gasteiger partial charge in [0.1, 0.15) is 6.61 Å². The lowest BCUT2D eigenvalue weighted by Gasteiger charge is -2.11. The standard InChI is InChI=1S/C19H22ClN3O2/c1-5-23(4)12-22-18-8-13(2)16(9-17(18)20)19(24)25-11-15-7-6-14(3)21-10-15/h6-10,12H,5,11H2,1-4H3/b22-12+. The van der Waals surface area contributed by atoms with Gasteiger partial charge in [-0.1, -0.05) is 17.7 Å². The monoisotopic (exact) mass is 359 g/mol. The van der Waals surface area contributed by atoms with Gasteiger partial charge in [-0.25, -0.2) is 9.79 Å². The van der Waals surface area contributed by atoms with E-state index in [0.717, 1.165) is 23.4 Å². The van der Waals surface area contributed by atoms with E-state index in [4.69, 9.17) is 16.3 Å². The molecular weight excluding hydrogens is 338 g/mol. The number of nitrogens with zero attached hydrogens (tertiary/aromatic N) is 3. The summed E-state index contributed by atoms with van der Waals surface area (Å²) in [6.07, 6.45) is 3.41. The van der Waals surface area contributed by atoms with Gasteiger partial charge in [0, 0.05) is 31.0 Å². The molecule has 0 saturated heterocycles. The first-order chi connectivity index (χ1) is 11.9. The molecule has 0 atom stereocenters. The zero-order valence-electron chi connectivity index (χ0n) is 14.9. The smallest absolute Gasteiger partial charge is 0.338 e. The Kier molecular flexibility index (Phi) is 6.53. The summed E-state index contributed by atoms with van der Waals surface area (Å²) < 4.78 is 5.36. The van der Waals surface area contributed by atoms with Crippen LogP contribution in [0.1, 0.15) is 34.1 Å². The highest BCUT2D eigenvalue weighted by Gasteiger charge is 2.14. The van der Waals surface area contributed by atoms with Crippen molar-refractivity contribution in [3.05, 3.63) is 57.9 Å². The third-order valence-electron chi connectivity index (χ3n) is 3.75. The van der Waals surface area contributed by atoms with E-state index in [0.29, 0.717) is 16.3 Å². The van der Waals surface area contributed by atoms with Crippen molar-refractivity contribution < 1.29 is 9.53 Å². The Hall–Kier alpha value is -2.40. The van der Waals surface area contributed by atoms with Crippen LogP contribution in [0.3, 0.4) is 0 Å². The molecule has 0 amide bonds. The van der Waals surface area contributed by atoms with Crippen LogP contribution < -0.4 is 0 Å². The number of aliphatic imine (C=N–C) groups is 1. The van der Waals surface area contributed by atoms with E-state index in [-0.39, 0.29) is 6.61 Å². The number of carbonyl (C=O) groups excluding carboxylic acids is 1. The van der Waals surface area contributed by atoms with Crippen molar-refractivity contribution in [3.63, 3.8) is 0 Å². The van der Waals surface area contributed by atoms with Crippen molar-refractivity contribution in [3.8, 4) is 0 Å². The molecule has 0 spiro atoms. The fourth-order valence-electron chi connectivity index (χ4n) is 2.04. The number of rotatable bonds is 6. The molecule has 2 rings (SSSR count). The van der Waals surface area contributed by atoms with Crippen molar-refractivity contribution in [2.45, 2.75) is 27.4 Å². The quantitative estimate of drug-likeness (QED) is 0.438. The van der Waals surface area contributed by atoms with Crippen molar-refractivity contribution in [1.82, 2.24) is 9.88 Å². The zero-order valence-corrected chi connectivity index (χ0v) is 15.7. The van der Waals surface area contributed by atoms with E-state index >= 15 is 0 Å². The van der Waals surface area contributed by atoms with Crippen LogP contribution in [0, 0.1) is 13.8 Å². The van der Waals surface area contributed by atoms with Gasteiger partial charge in [0.15, 0.2) is 0 Å². The molecule has 25 heavy (non-hydrogen) atoms. The van der Waals surface area contributed by atoms with Crippen LogP contribution in [0.4, 0.5) is 5.69 Å². The first-order valence-electron chi connectivity index (χ1n) is 8.04. The van der Waals surface area contributed by atoms with Gasteiger partial charge in [-0.05, 0) is 44.5 Å². The van der Waals surface area contributed by atoms with Gasteiger partial charge in [0.05, 0.1) is 22.6 Å². The summed E-state index contributed by atoms with van der Waals surface area (Å²) in [6, 6.07) is 7.15. The number of halogens is 1. The van der Waals surface area contributed by atoms with E-state index < -0.39 is 5.97 Å². The lowest BCUT2D eigenvalue weighted by molar-refractivity contribution is 0.0471. The average molecular weight is 360 g/mol. The van der Waals surface area contributed by atoms with Crippen LogP contribution >= 0.6 is 11.6 Å². The maximum atomic E-state index is 12.3. The molecule has 0 aliphatic rings. The third kappa shape index (κ3) is 5.29. The van der Waals surface area contributed by atoms with Crippen LogP contribution in [-0.4, -0.2) is 35.8 Å². The highest BCUT2D eigenvalue weighted by molar-refractivity contribution is 6.33. The molecule has 132 valence electrons. The maximum Gasteiger partial charge on any atom is 0.338 e. The van der Waals surface area contributed by atoms with E-state index in [1.807, 2.05) is 44.9 Å². The number of carbonyl (C=O) groups is 1. The second-order valence-electron chi connectivity index (χ2n) is 5.82. The van der Waals surface area contributed by atoms with Crippen molar-refractivity contribution in [1.29, 1.82) is 0 Å². The number of pyridine rings is 1. The van der Waals surface area contributed by atoms with Crippen molar-refractivity contribution in [2.24, 2.45) is 4.99 Å². The predicted molar refractivity (Wildman–Crippen MR) is 101 cm³/mol. The Labute approximate surface area is 153 Å². The van der Waals surface area contributed by atoms with E-state index in [2.05, 4.69) is 9.98 Å². The molecule has 5 nitrogen and oxygen atoms in total. The third-order valence-corrected chi connectivity index (χ3v) is 4.05. The first-order valence-corrected chi connectivity index (χ1v) is 8.41. The predicted octanol–water partition coefficient (Wildman–Crippen LogP) is 4.32. The van der Waals surface area contributed by atoms with Gasteiger partial charge in [0.25, 0.3) is 0 Å². The van der Waals surface area contributed by atoms with Gasteiger partial charge in [-0.3, -0.25) is 4.98 Å². The Morgan fingerprint density at radius 2 is 2.12 bits per heavy atom. The first kappa shape index (κ1) is 18.9. The molecule has 0 saturated carbocycles. The molecule has 1 aromatic carbocycles. The Bertz CT molecular complexity index is 773. The van der Waals surface area contributed by atoms with Gasteiger partial charge >= 0.3 is 5.97 Å². The van der Waals surface area contributed by atoms with Gasteiger partial charge in [0.2, 0.25) is 0 Å². The molecule has 0 radical (unpaired) electrons. The number of ether oxygens (including phenoxy) is 1. The van der Waals surface area contributed by atoms with Crippen LogP contribution in [0.5, 0.6) is 0 Å². The molecule has 0 aliphatic heterocycles. The van der Waals surface area contributed by atoms with Crippen LogP contribution in [-0.2, 0) is 11.3 Å². The summed E-state index contributed by atoms with van der Waals surface area (Å²) in [4.78, 5) is 22.8. The fraction of sp³-hybridized carbons (Fsp3) is 0.316. The molecule has 0 bridgehead atoms. The molecular formula is C19H22ClN3O2. The average Bonchev–Trinajstić information content (AvgIpc) is 2.61. The van der Waals surface area contributed by atoms with Crippen molar-refractivity contribution >= 4 is 29.6 Å². The van der Waals surface area contributed by atoms with Crippen LogP contribution in [0.15, 0.2) is 35.5 Å². The van der Waals surface area contributed by atoms with Gasteiger partial charge in [-0.15, -0.1) is 0 Å². The SMILES string of the molecule is CCN(C)/C=N/c1cc(C)c(C(=O)OCc2ccc(C)nc2)cc1Cl. The summed E-state index contributed by atoms with van der Waals surface area (Å²) in [5.41, 5.74) is 3.59. The summed E-state index contributed by atoms with van der Waals surface area (Å²) in [6.45, 7) is 6.79. The van der Waals surface area contributed by atoms with Crippen LogP contribution in [0.25, 0.3) is 0 Å². The van der Waals surface area contributed by atoms with Crippen molar-refractivity contribution in [2.75, 3.05) is 13.6 Å². The Morgan fingerprint density at radius 3 is 2.76 bits per heavy atom. The molecule has 6 heteroatoms. The minimum absolute atomic E-state index is 0.171. The number of hydrogen-bond acceptors (Lipinski definition) is 4. The number of aryl methyl sites for hydroxylation is 2. The summed E-state index contributed by atoms with van der Waals surface area (Å²) in [5.74, 6) is -0.416. The summed E-state index contributed by atoms with van der Waals surface area (Å²) in [5, 5.41) is 0.412. The van der Waals surface area contributed by atoms with Crippen LogP contribution in [0.2, 0.25) is 5.02 Å². The molecule has 1 heterocycles. The lowest BCUT2D eigenvalue weighted by atomic mass is 10.1. The van der Waals surface area contributed by atoms with Gasteiger partial charge < -0.3 is 9.64 Å². The molecule has 0 unspecified atom stereocenters. The van der Waals surface area contributed by atoms with E-state index in [1.165, 1.54) is 0 Å². The zero-order chi connectivity index (χ0) is 18.4. The summed E-state index contributed by atoms with van der Waals surface area (Å²) in [7, 11) is 1.93. The van der Waals surface area contributed by atoms with Gasteiger partial charge in [-0.2, -0.15) is 0 Å². The molecule has 1 aromatic heterocycles. The number of esters is 1. The molecule has 0 fully saturated rings. The largest absolute Gasteiger partial charge is 0.457 e. The Balaban J connectivity index is 2.10. The number of benzene rings is 1. The molecule has 0 aliphatic carbocycles. The lowest BCUT2D eigenvalue weighted by Crippen LogP contribution is -2.14. The Morgan fingerprint density at radius 1 is 1.36 bits per heavy atom. The second kappa shape index (κ2) is 8.62. The highest BCUT2D eigenvalue weighted by atomic mass is 35.5. The minimum atomic E-state index is -0.416. The minimum Gasteiger partial charge on any atom is -0.457 e. The highest BCUT2D eigenvalue weighted by Crippen LogP contribution is 2.29. The maximum absolute atomic E-state index is 12.3. The fourth-order valence-corrected chi connectivity index (χ4v) is 2.25. The molecule has 0 N–H and O–H groups in total. The topological polar surface area (TPSA) is 54.8 Å². The number of aromatic nitrogens is 1. The van der Waals surface area contributed by atoms with E-state index in [1.54, 1.807) is 24.7 Å². The summed E-state index contributed by atoms with van der Waals surface area (Å²) >= 11 is 6.26. The molecule has 2 aromatic rings. The second-order valence-corrected chi connectivity index (χ2v) is 6.23. The van der Waals surface area contributed by atoms with E-state index in [9.17, 15) is 4.79 Å².